The van der Waals surface area contributed by atoms with E-state index < -0.39 is 17.8 Å². The van der Waals surface area contributed by atoms with Gasteiger partial charge in [0.25, 0.3) is 0 Å². The summed E-state index contributed by atoms with van der Waals surface area (Å²) in [5, 5.41) is 8.13. The number of esters is 1. The number of amides is 2. The van der Waals surface area contributed by atoms with Crippen molar-refractivity contribution in [2.75, 3.05) is 12.4 Å². The summed E-state index contributed by atoms with van der Waals surface area (Å²) in [4.78, 5) is 37.3. The van der Waals surface area contributed by atoms with E-state index in [1.165, 1.54) is 6.21 Å². The Bertz CT molecular complexity index is 1460. The van der Waals surface area contributed by atoms with Crippen LogP contribution in [0.5, 0.6) is 11.5 Å². The number of hydrogen-bond donors (Lipinski definition) is 2. The number of nitrogens with zero attached hydrogens (tertiary/aromatic N) is 1. The van der Waals surface area contributed by atoms with Gasteiger partial charge in [0, 0.05) is 11.3 Å². The third kappa shape index (κ3) is 5.56. The number of anilines is 1. The van der Waals surface area contributed by atoms with Crippen molar-refractivity contribution in [1.82, 2.24) is 5.43 Å². The first-order chi connectivity index (χ1) is 17.5. The Labute approximate surface area is 207 Å². The van der Waals surface area contributed by atoms with Crippen LogP contribution in [0, 0.1) is 6.92 Å². The predicted octanol–water partition coefficient (Wildman–Crippen LogP) is 4.46. The maximum absolute atomic E-state index is 12.7. The molecule has 4 aromatic carbocycles. The van der Waals surface area contributed by atoms with Gasteiger partial charge in [0.05, 0.1) is 18.9 Å². The molecule has 0 aliphatic carbocycles. The van der Waals surface area contributed by atoms with Gasteiger partial charge in [-0.15, -0.1) is 0 Å². The average Bonchev–Trinajstić information content (AvgIpc) is 2.90. The van der Waals surface area contributed by atoms with E-state index in [2.05, 4.69) is 15.8 Å². The number of benzene rings is 4. The highest BCUT2D eigenvalue weighted by Gasteiger charge is 2.16. The van der Waals surface area contributed by atoms with Gasteiger partial charge in [0.1, 0.15) is 11.5 Å². The minimum atomic E-state index is -0.938. The first kappa shape index (κ1) is 24.2. The lowest BCUT2D eigenvalue weighted by Crippen LogP contribution is -2.32. The quantitative estimate of drug-likeness (QED) is 0.139. The highest BCUT2D eigenvalue weighted by atomic mass is 16.5. The van der Waals surface area contributed by atoms with E-state index in [0.717, 1.165) is 16.3 Å². The molecule has 36 heavy (non-hydrogen) atoms. The molecule has 0 atom stereocenters. The molecule has 8 nitrogen and oxygen atoms in total. The molecule has 4 rings (SSSR count). The molecule has 0 spiro atoms. The average molecular weight is 482 g/mol. The van der Waals surface area contributed by atoms with Gasteiger partial charge in [-0.1, -0.05) is 48.5 Å². The van der Waals surface area contributed by atoms with Crippen LogP contribution in [-0.2, 0) is 9.59 Å². The van der Waals surface area contributed by atoms with Crippen molar-refractivity contribution in [1.29, 1.82) is 0 Å². The molecule has 8 heteroatoms. The molecule has 0 aliphatic heterocycles. The number of hydrazone groups is 1. The van der Waals surface area contributed by atoms with Crippen LogP contribution in [0.1, 0.15) is 21.5 Å². The van der Waals surface area contributed by atoms with Crippen LogP contribution < -0.4 is 20.2 Å². The summed E-state index contributed by atoms with van der Waals surface area (Å²) < 4.78 is 10.8. The zero-order valence-electron chi connectivity index (χ0n) is 19.6. The monoisotopic (exact) mass is 481 g/mol. The third-order valence-electron chi connectivity index (χ3n) is 5.42. The molecule has 0 unspecified atom stereocenters. The highest BCUT2D eigenvalue weighted by molar-refractivity contribution is 6.39. The molecule has 2 N–H and O–H groups in total. The van der Waals surface area contributed by atoms with E-state index >= 15 is 0 Å². The summed E-state index contributed by atoms with van der Waals surface area (Å²) in [7, 11) is 1.54. The van der Waals surface area contributed by atoms with Crippen molar-refractivity contribution < 1.29 is 23.9 Å². The highest BCUT2D eigenvalue weighted by Crippen LogP contribution is 2.27. The number of para-hydroxylation sites is 1. The summed E-state index contributed by atoms with van der Waals surface area (Å²) in [5.74, 6) is -1.49. The molecule has 0 heterocycles. The van der Waals surface area contributed by atoms with Crippen LogP contribution in [0.15, 0.2) is 90.0 Å². The number of ether oxygens (including phenoxy) is 2. The smallest absolute Gasteiger partial charge is 0.343 e. The number of hydrogen-bond acceptors (Lipinski definition) is 6. The Balaban J connectivity index is 1.54. The van der Waals surface area contributed by atoms with Crippen LogP contribution in [0.3, 0.4) is 0 Å². The van der Waals surface area contributed by atoms with Crippen molar-refractivity contribution in [2.24, 2.45) is 5.10 Å². The summed E-state index contributed by atoms with van der Waals surface area (Å²) in [6.07, 6.45) is 1.35. The topological polar surface area (TPSA) is 106 Å². The molecule has 0 saturated carbocycles. The lowest BCUT2D eigenvalue weighted by Gasteiger charge is -2.11. The van der Waals surface area contributed by atoms with E-state index in [-0.39, 0.29) is 5.75 Å². The molecule has 0 radical (unpaired) electrons. The van der Waals surface area contributed by atoms with Gasteiger partial charge in [-0.2, -0.15) is 5.10 Å². The van der Waals surface area contributed by atoms with E-state index in [1.54, 1.807) is 49.6 Å². The SMILES string of the molecule is COc1ccc(C(=O)Oc2ccc3ccccc3c2C=NNC(=O)C(=O)Nc2ccccc2C)cc1. The molecule has 180 valence electrons. The fourth-order valence-corrected chi connectivity index (χ4v) is 3.48. The molecule has 4 aromatic rings. The van der Waals surface area contributed by atoms with Crippen LogP contribution in [0.4, 0.5) is 5.69 Å². The molecule has 0 aromatic heterocycles. The van der Waals surface area contributed by atoms with Crippen LogP contribution in [-0.4, -0.2) is 31.1 Å². The summed E-state index contributed by atoms with van der Waals surface area (Å²) in [6.45, 7) is 1.82. The normalized spacial score (nSPS) is 10.7. The molecule has 0 bridgehead atoms. The maximum Gasteiger partial charge on any atom is 0.343 e. The minimum absolute atomic E-state index is 0.247. The number of fused-ring (bicyclic) bond motifs is 1. The molecule has 2 amide bonds. The number of carbonyl (C=O) groups excluding carboxylic acids is 3. The van der Waals surface area contributed by atoms with Gasteiger partial charge in [0.2, 0.25) is 0 Å². The van der Waals surface area contributed by atoms with Gasteiger partial charge in [-0.25, -0.2) is 10.2 Å². The second kappa shape index (κ2) is 11.0. The second-order valence-electron chi connectivity index (χ2n) is 7.78. The van der Waals surface area contributed by atoms with Crippen molar-refractivity contribution in [2.45, 2.75) is 6.92 Å². The zero-order valence-corrected chi connectivity index (χ0v) is 19.6. The molecular formula is C28H23N3O5. The van der Waals surface area contributed by atoms with Gasteiger partial charge >= 0.3 is 17.8 Å². The van der Waals surface area contributed by atoms with E-state index in [0.29, 0.717) is 22.6 Å². The Morgan fingerprint density at radius 1 is 0.833 bits per heavy atom. The fraction of sp³-hybridized carbons (Fsp3) is 0.0714. The second-order valence-corrected chi connectivity index (χ2v) is 7.78. The van der Waals surface area contributed by atoms with Gasteiger partial charge in [-0.05, 0) is 59.7 Å². The number of methoxy groups -OCH3 is 1. The van der Waals surface area contributed by atoms with Crippen molar-refractivity contribution >= 4 is 40.5 Å². The largest absolute Gasteiger partial charge is 0.497 e. The predicted molar refractivity (Wildman–Crippen MR) is 137 cm³/mol. The minimum Gasteiger partial charge on any atom is -0.497 e. The van der Waals surface area contributed by atoms with Crippen molar-refractivity contribution in [3.63, 3.8) is 0 Å². The van der Waals surface area contributed by atoms with Crippen LogP contribution in [0.25, 0.3) is 10.8 Å². The molecule has 0 fully saturated rings. The Morgan fingerprint density at radius 3 is 2.31 bits per heavy atom. The Hall–Kier alpha value is -4.98. The molecule has 0 saturated heterocycles. The lowest BCUT2D eigenvalue weighted by molar-refractivity contribution is -0.136. The van der Waals surface area contributed by atoms with Gasteiger partial charge < -0.3 is 14.8 Å². The van der Waals surface area contributed by atoms with E-state index in [9.17, 15) is 14.4 Å². The fourth-order valence-electron chi connectivity index (χ4n) is 3.48. The third-order valence-corrected chi connectivity index (χ3v) is 5.42. The van der Waals surface area contributed by atoms with E-state index in [4.69, 9.17) is 9.47 Å². The number of aryl methyl sites for hydroxylation is 1. The summed E-state index contributed by atoms with van der Waals surface area (Å²) in [5.41, 5.74) is 4.38. The zero-order chi connectivity index (χ0) is 25.5. The Morgan fingerprint density at radius 2 is 1.56 bits per heavy atom. The van der Waals surface area contributed by atoms with Crippen molar-refractivity contribution in [3.8, 4) is 11.5 Å². The number of carbonyl (C=O) groups is 3. The standard InChI is InChI=1S/C28H23N3O5/c1-18-7-3-6-10-24(18)30-26(32)27(33)31-29-17-23-22-9-5-4-8-19(22)13-16-25(23)36-28(34)20-11-14-21(35-2)15-12-20/h3-17H,1-2H3,(H,30,32)(H,31,33). The Kier molecular flexibility index (Phi) is 7.36. The summed E-state index contributed by atoms with van der Waals surface area (Å²) >= 11 is 0. The maximum atomic E-state index is 12.7. The number of nitrogens with one attached hydrogen (secondary N) is 2. The lowest BCUT2D eigenvalue weighted by atomic mass is 10.0. The molecular weight excluding hydrogens is 458 g/mol. The first-order valence-electron chi connectivity index (χ1n) is 11.0. The number of rotatable bonds is 6. The van der Waals surface area contributed by atoms with Crippen molar-refractivity contribution in [3.05, 3.63) is 102 Å². The van der Waals surface area contributed by atoms with Gasteiger partial charge in [-0.3, -0.25) is 9.59 Å². The first-order valence-corrected chi connectivity index (χ1v) is 11.0. The summed E-state index contributed by atoms with van der Waals surface area (Å²) in [6, 6.07) is 24.6. The van der Waals surface area contributed by atoms with Crippen LogP contribution >= 0.6 is 0 Å². The van der Waals surface area contributed by atoms with Crippen LogP contribution in [0.2, 0.25) is 0 Å². The van der Waals surface area contributed by atoms with Gasteiger partial charge in [0.15, 0.2) is 0 Å². The molecule has 0 aliphatic rings. The van der Waals surface area contributed by atoms with E-state index in [1.807, 2.05) is 49.4 Å².